The van der Waals surface area contributed by atoms with Gasteiger partial charge in [0, 0.05) is 5.56 Å². The fraction of sp³-hybridized carbons (Fsp3) is 0.188. The van der Waals surface area contributed by atoms with E-state index < -0.39 is 12.2 Å². The van der Waals surface area contributed by atoms with E-state index in [2.05, 4.69) is 0 Å². The second-order valence-corrected chi connectivity index (χ2v) is 4.63. The van der Waals surface area contributed by atoms with Crippen LogP contribution in [0.5, 0.6) is 11.5 Å². The molecule has 0 spiro atoms. The third kappa shape index (κ3) is 2.91. The Morgan fingerprint density at radius 3 is 2.43 bits per heavy atom. The van der Waals surface area contributed by atoms with Crippen LogP contribution in [0.4, 0.5) is 4.79 Å². The SMILES string of the molecule is NC(=O)OC(c1ccccc1)c1ccc2c(c1)OCCO2. The minimum Gasteiger partial charge on any atom is -0.486 e. The van der Waals surface area contributed by atoms with Crippen molar-refractivity contribution in [2.24, 2.45) is 5.73 Å². The number of amides is 1. The highest BCUT2D eigenvalue weighted by Crippen LogP contribution is 2.35. The fourth-order valence-corrected chi connectivity index (χ4v) is 2.30. The van der Waals surface area contributed by atoms with Gasteiger partial charge in [0.05, 0.1) is 0 Å². The topological polar surface area (TPSA) is 70.8 Å². The first-order valence-corrected chi connectivity index (χ1v) is 6.64. The molecule has 1 aliphatic heterocycles. The van der Waals surface area contributed by atoms with E-state index in [9.17, 15) is 4.79 Å². The van der Waals surface area contributed by atoms with E-state index in [1.807, 2.05) is 48.5 Å². The van der Waals surface area contributed by atoms with Crippen molar-refractivity contribution < 1.29 is 19.0 Å². The van der Waals surface area contributed by atoms with Crippen LogP contribution in [0.15, 0.2) is 48.5 Å². The number of fused-ring (bicyclic) bond motifs is 1. The van der Waals surface area contributed by atoms with Gasteiger partial charge in [-0.2, -0.15) is 0 Å². The van der Waals surface area contributed by atoms with E-state index >= 15 is 0 Å². The predicted molar refractivity (Wildman–Crippen MR) is 76.4 cm³/mol. The average molecular weight is 285 g/mol. The zero-order valence-electron chi connectivity index (χ0n) is 11.3. The first-order chi connectivity index (χ1) is 10.2. The summed E-state index contributed by atoms with van der Waals surface area (Å²) >= 11 is 0. The molecule has 1 atom stereocenters. The zero-order chi connectivity index (χ0) is 14.7. The normalized spacial score (nSPS) is 14.3. The standard InChI is InChI=1S/C16H15NO4/c17-16(18)21-15(11-4-2-1-3-5-11)12-6-7-13-14(10-12)20-9-8-19-13/h1-7,10,15H,8-9H2,(H2,17,18). The first-order valence-electron chi connectivity index (χ1n) is 6.64. The summed E-state index contributed by atoms with van der Waals surface area (Å²) in [6, 6.07) is 14.9. The van der Waals surface area contributed by atoms with Crippen LogP contribution >= 0.6 is 0 Å². The van der Waals surface area contributed by atoms with E-state index in [1.54, 1.807) is 0 Å². The number of primary amides is 1. The van der Waals surface area contributed by atoms with Crippen LogP contribution < -0.4 is 15.2 Å². The predicted octanol–water partition coefficient (Wildman–Crippen LogP) is 2.64. The molecular weight excluding hydrogens is 270 g/mol. The lowest BCUT2D eigenvalue weighted by Crippen LogP contribution is -2.19. The van der Waals surface area contributed by atoms with E-state index in [-0.39, 0.29) is 0 Å². The quantitative estimate of drug-likeness (QED) is 0.941. The van der Waals surface area contributed by atoms with E-state index in [0.717, 1.165) is 11.1 Å². The molecule has 0 fully saturated rings. The van der Waals surface area contributed by atoms with Gasteiger partial charge < -0.3 is 19.9 Å². The Bertz CT molecular complexity index is 642. The summed E-state index contributed by atoms with van der Waals surface area (Å²) in [7, 11) is 0. The third-order valence-corrected chi connectivity index (χ3v) is 3.21. The summed E-state index contributed by atoms with van der Waals surface area (Å²) in [6.45, 7) is 1.04. The minimum atomic E-state index is -0.821. The van der Waals surface area contributed by atoms with Gasteiger partial charge >= 0.3 is 6.09 Å². The number of hydrogen-bond acceptors (Lipinski definition) is 4. The van der Waals surface area contributed by atoms with Gasteiger partial charge in [-0.15, -0.1) is 0 Å². The summed E-state index contributed by atoms with van der Waals surface area (Å²) in [6.07, 6.45) is -1.39. The Balaban J connectivity index is 1.98. The number of carbonyl (C=O) groups is 1. The molecule has 2 aromatic carbocycles. The molecule has 5 heteroatoms. The fourth-order valence-electron chi connectivity index (χ4n) is 2.30. The number of ether oxygens (including phenoxy) is 3. The Morgan fingerprint density at radius 2 is 1.71 bits per heavy atom. The van der Waals surface area contributed by atoms with Gasteiger partial charge in [-0.3, -0.25) is 0 Å². The van der Waals surface area contributed by atoms with Crippen molar-refractivity contribution in [3.05, 3.63) is 59.7 Å². The molecule has 1 unspecified atom stereocenters. The lowest BCUT2D eigenvalue weighted by Gasteiger charge is -2.22. The molecule has 2 N–H and O–H groups in total. The Morgan fingerprint density at radius 1 is 1.00 bits per heavy atom. The highest BCUT2D eigenvalue weighted by atomic mass is 16.6. The van der Waals surface area contributed by atoms with Crippen LogP contribution in [-0.4, -0.2) is 19.3 Å². The Labute approximate surface area is 122 Å². The van der Waals surface area contributed by atoms with E-state index in [1.165, 1.54) is 0 Å². The summed E-state index contributed by atoms with van der Waals surface area (Å²) in [5.74, 6) is 1.34. The highest BCUT2D eigenvalue weighted by Gasteiger charge is 2.21. The number of benzene rings is 2. The molecule has 0 bridgehead atoms. The van der Waals surface area contributed by atoms with E-state index in [0.29, 0.717) is 24.7 Å². The molecule has 1 amide bonds. The molecule has 0 aromatic heterocycles. The highest BCUT2D eigenvalue weighted by molar-refractivity contribution is 5.65. The van der Waals surface area contributed by atoms with Crippen LogP contribution in [0, 0.1) is 0 Å². The monoisotopic (exact) mass is 285 g/mol. The lowest BCUT2D eigenvalue weighted by molar-refractivity contribution is 0.125. The zero-order valence-corrected chi connectivity index (χ0v) is 11.3. The van der Waals surface area contributed by atoms with Crippen molar-refractivity contribution in [1.29, 1.82) is 0 Å². The summed E-state index contributed by atoms with van der Waals surface area (Å²) in [4.78, 5) is 11.2. The summed E-state index contributed by atoms with van der Waals surface area (Å²) < 4.78 is 16.3. The number of hydrogen-bond donors (Lipinski definition) is 1. The molecule has 5 nitrogen and oxygen atoms in total. The minimum absolute atomic E-state index is 0.503. The van der Waals surface area contributed by atoms with Crippen molar-refractivity contribution in [3.63, 3.8) is 0 Å². The smallest absolute Gasteiger partial charge is 0.405 e. The van der Waals surface area contributed by atoms with Crippen LogP contribution in [0.1, 0.15) is 17.2 Å². The van der Waals surface area contributed by atoms with Gasteiger partial charge in [0.15, 0.2) is 17.6 Å². The van der Waals surface area contributed by atoms with Gasteiger partial charge in [-0.25, -0.2) is 4.79 Å². The second-order valence-electron chi connectivity index (χ2n) is 4.63. The van der Waals surface area contributed by atoms with Crippen molar-refractivity contribution in [3.8, 4) is 11.5 Å². The van der Waals surface area contributed by atoms with Crippen LogP contribution in [0.2, 0.25) is 0 Å². The van der Waals surface area contributed by atoms with Crippen molar-refractivity contribution in [2.75, 3.05) is 13.2 Å². The maximum Gasteiger partial charge on any atom is 0.405 e. The van der Waals surface area contributed by atoms with Gasteiger partial charge in [0.25, 0.3) is 0 Å². The molecule has 0 radical (unpaired) electrons. The molecule has 0 saturated carbocycles. The number of rotatable bonds is 3. The molecule has 21 heavy (non-hydrogen) atoms. The maximum atomic E-state index is 11.2. The van der Waals surface area contributed by atoms with Gasteiger partial charge in [-0.1, -0.05) is 36.4 Å². The second kappa shape index (κ2) is 5.75. The van der Waals surface area contributed by atoms with Crippen LogP contribution in [-0.2, 0) is 4.74 Å². The van der Waals surface area contributed by atoms with Crippen LogP contribution in [0.25, 0.3) is 0 Å². The maximum absolute atomic E-state index is 11.2. The van der Waals surface area contributed by atoms with Gasteiger partial charge in [0.1, 0.15) is 13.2 Å². The van der Waals surface area contributed by atoms with Crippen molar-refractivity contribution in [2.45, 2.75) is 6.10 Å². The lowest BCUT2D eigenvalue weighted by atomic mass is 10.0. The van der Waals surface area contributed by atoms with Crippen molar-refractivity contribution >= 4 is 6.09 Å². The molecule has 0 aliphatic carbocycles. The third-order valence-electron chi connectivity index (χ3n) is 3.21. The molecule has 108 valence electrons. The first kappa shape index (κ1) is 13.3. The molecule has 1 aliphatic rings. The van der Waals surface area contributed by atoms with Crippen LogP contribution in [0.3, 0.4) is 0 Å². The number of carbonyl (C=O) groups excluding carboxylic acids is 1. The average Bonchev–Trinajstić information content (AvgIpc) is 2.53. The molecule has 2 aromatic rings. The Kier molecular flexibility index (Phi) is 3.64. The van der Waals surface area contributed by atoms with E-state index in [4.69, 9.17) is 19.9 Å². The summed E-state index contributed by atoms with van der Waals surface area (Å²) in [5.41, 5.74) is 6.81. The molecule has 0 saturated heterocycles. The largest absolute Gasteiger partial charge is 0.486 e. The Hall–Kier alpha value is -2.69. The molecule has 3 rings (SSSR count). The number of nitrogens with two attached hydrogens (primary N) is 1. The van der Waals surface area contributed by atoms with Gasteiger partial charge in [-0.05, 0) is 17.7 Å². The molecular formula is C16H15NO4. The van der Waals surface area contributed by atoms with Crippen molar-refractivity contribution in [1.82, 2.24) is 0 Å². The summed E-state index contributed by atoms with van der Waals surface area (Å²) in [5, 5.41) is 0. The molecule has 1 heterocycles. The van der Waals surface area contributed by atoms with Gasteiger partial charge in [0.2, 0.25) is 0 Å².